The maximum atomic E-state index is 12.6. The summed E-state index contributed by atoms with van der Waals surface area (Å²) in [6, 6.07) is 8.07. The number of anilines is 1. The maximum absolute atomic E-state index is 12.6. The van der Waals surface area contributed by atoms with E-state index in [2.05, 4.69) is 20.3 Å². The summed E-state index contributed by atoms with van der Waals surface area (Å²) in [5.74, 6) is -3.33. The number of nitrogens with one attached hydrogen (secondary N) is 1. The number of alkyl halides is 5. The molecule has 0 saturated heterocycles. The molecule has 13 heteroatoms. The highest BCUT2D eigenvalue weighted by molar-refractivity contribution is 6.02. The van der Waals surface area contributed by atoms with Crippen molar-refractivity contribution in [3.8, 4) is 5.69 Å². The van der Waals surface area contributed by atoms with Crippen LogP contribution in [0.5, 0.6) is 0 Å². The molecule has 0 radical (unpaired) electrons. The van der Waals surface area contributed by atoms with Gasteiger partial charge in [-0.25, -0.2) is 28.5 Å². The second kappa shape index (κ2) is 9.94. The number of halogens is 5. The number of hydrogen-bond donors (Lipinski definition) is 2. The van der Waals surface area contributed by atoms with Crippen LogP contribution >= 0.6 is 0 Å². The van der Waals surface area contributed by atoms with Gasteiger partial charge in [0.1, 0.15) is 17.7 Å². The van der Waals surface area contributed by atoms with Crippen molar-refractivity contribution < 1.29 is 36.6 Å². The summed E-state index contributed by atoms with van der Waals surface area (Å²) in [5.41, 5.74) is 2.80. The van der Waals surface area contributed by atoms with E-state index in [4.69, 9.17) is 9.90 Å². The van der Waals surface area contributed by atoms with Gasteiger partial charge in [-0.05, 0) is 44.2 Å². The first-order valence-corrected chi connectivity index (χ1v) is 8.72. The van der Waals surface area contributed by atoms with Gasteiger partial charge in [-0.15, -0.1) is 0 Å². The number of carbonyl (C=O) groups excluding carboxylic acids is 1. The van der Waals surface area contributed by atoms with Crippen molar-refractivity contribution in [1.82, 2.24) is 19.5 Å². The van der Waals surface area contributed by atoms with Gasteiger partial charge in [-0.1, -0.05) is 0 Å². The molecule has 1 amide bonds. The minimum atomic E-state index is -5.08. The third-order valence-corrected chi connectivity index (χ3v) is 4.04. The third kappa shape index (κ3) is 6.30. The van der Waals surface area contributed by atoms with E-state index in [-0.39, 0.29) is 5.69 Å². The summed E-state index contributed by atoms with van der Waals surface area (Å²) in [4.78, 5) is 32.4. The van der Waals surface area contributed by atoms with E-state index in [9.17, 15) is 26.7 Å². The third-order valence-electron chi connectivity index (χ3n) is 4.04. The van der Waals surface area contributed by atoms with Crippen molar-refractivity contribution in [2.45, 2.75) is 26.4 Å². The number of amides is 1. The van der Waals surface area contributed by atoms with Crippen LogP contribution in [0.1, 0.15) is 34.0 Å². The largest absolute Gasteiger partial charge is 0.490 e. The van der Waals surface area contributed by atoms with Crippen LogP contribution < -0.4 is 5.32 Å². The number of rotatable bonds is 4. The van der Waals surface area contributed by atoms with Crippen LogP contribution in [0.2, 0.25) is 0 Å². The number of carboxylic acids is 1. The van der Waals surface area contributed by atoms with Gasteiger partial charge in [0.15, 0.2) is 0 Å². The van der Waals surface area contributed by atoms with E-state index in [1.807, 2.05) is 30.5 Å². The second-order valence-corrected chi connectivity index (χ2v) is 6.22. The van der Waals surface area contributed by atoms with E-state index < -0.39 is 30.2 Å². The molecule has 32 heavy (non-hydrogen) atoms. The molecule has 2 heterocycles. The summed E-state index contributed by atoms with van der Waals surface area (Å²) in [6.45, 7) is 3.89. The number of carbonyl (C=O) groups is 2. The second-order valence-electron chi connectivity index (χ2n) is 6.22. The molecule has 0 atom stereocenters. The average Bonchev–Trinajstić information content (AvgIpc) is 3.07. The van der Waals surface area contributed by atoms with Crippen LogP contribution in [0, 0.1) is 13.8 Å². The molecule has 0 aliphatic rings. The van der Waals surface area contributed by atoms with Crippen molar-refractivity contribution in [1.29, 1.82) is 0 Å². The van der Waals surface area contributed by atoms with E-state index in [0.717, 1.165) is 29.5 Å². The number of aromatic nitrogens is 4. The number of aryl methyl sites for hydroxylation is 1. The lowest BCUT2D eigenvalue weighted by Gasteiger charge is -2.08. The molecule has 0 bridgehead atoms. The summed E-state index contributed by atoms with van der Waals surface area (Å²) >= 11 is 0. The summed E-state index contributed by atoms with van der Waals surface area (Å²) in [7, 11) is 0. The highest BCUT2D eigenvalue weighted by Gasteiger charge is 2.38. The van der Waals surface area contributed by atoms with Crippen molar-refractivity contribution in [3.63, 3.8) is 0 Å². The van der Waals surface area contributed by atoms with E-state index >= 15 is 0 Å². The van der Waals surface area contributed by atoms with Gasteiger partial charge in [0.05, 0.1) is 12.0 Å². The normalized spacial score (nSPS) is 11.0. The Hall–Kier alpha value is -3.90. The molecule has 0 aliphatic heterocycles. The molecule has 0 fully saturated rings. The standard InChI is InChI=1S/C17H15F2N5O.C2HF3O2/c1-10-11(2)24(9-22-10)13-5-3-12(4-6-13)23-17(25)15-7-14(16(18)19)20-8-21-15;3-2(4,5)1(6)7/h3-9,16H,1-2H3,(H,23,25);(H,6,7). The van der Waals surface area contributed by atoms with Gasteiger partial charge in [0.2, 0.25) is 0 Å². The molecule has 3 aromatic rings. The lowest BCUT2D eigenvalue weighted by molar-refractivity contribution is -0.192. The van der Waals surface area contributed by atoms with Crippen LogP contribution in [0.15, 0.2) is 43.0 Å². The van der Waals surface area contributed by atoms with Crippen molar-refractivity contribution >= 4 is 17.6 Å². The molecule has 0 unspecified atom stereocenters. The monoisotopic (exact) mass is 457 g/mol. The molecule has 3 rings (SSSR count). The summed E-state index contributed by atoms with van der Waals surface area (Å²) in [6.07, 6.45) is -5.16. The molecule has 8 nitrogen and oxygen atoms in total. The summed E-state index contributed by atoms with van der Waals surface area (Å²) < 4.78 is 59.0. The zero-order valence-electron chi connectivity index (χ0n) is 16.6. The first-order chi connectivity index (χ1) is 14.9. The fourth-order valence-corrected chi connectivity index (χ4v) is 2.28. The number of aliphatic carboxylic acids is 1. The van der Waals surface area contributed by atoms with Crippen LogP contribution in [-0.2, 0) is 4.79 Å². The fraction of sp³-hybridized carbons (Fsp3) is 0.211. The predicted molar refractivity (Wildman–Crippen MR) is 102 cm³/mol. The van der Waals surface area contributed by atoms with Crippen LogP contribution in [-0.4, -0.2) is 42.7 Å². The quantitative estimate of drug-likeness (QED) is 0.571. The lowest BCUT2D eigenvalue weighted by Crippen LogP contribution is -2.21. The topological polar surface area (TPSA) is 110 Å². The first-order valence-electron chi connectivity index (χ1n) is 8.72. The van der Waals surface area contributed by atoms with Gasteiger partial charge in [0.25, 0.3) is 12.3 Å². The van der Waals surface area contributed by atoms with Crippen LogP contribution in [0.3, 0.4) is 0 Å². The molecule has 0 saturated carbocycles. The number of hydrogen-bond acceptors (Lipinski definition) is 5. The van der Waals surface area contributed by atoms with Gasteiger partial charge < -0.3 is 15.0 Å². The Kier molecular flexibility index (Phi) is 7.57. The van der Waals surface area contributed by atoms with Gasteiger partial charge in [-0.3, -0.25) is 4.79 Å². The van der Waals surface area contributed by atoms with Crippen LogP contribution in [0.25, 0.3) is 5.69 Å². The Morgan fingerprint density at radius 2 is 1.66 bits per heavy atom. The molecular weight excluding hydrogens is 441 g/mol. The zero-order chi connectivity index (χ0) is 24.1. The number of imidazole rings is 1. The van der Waals surface area contributed by atoms with Gasteiger partial charge in [-0.2, -0.15) is 13.2 Å². The average molecular weight is 457 g/mol. The number of nitrogens with zero attached hydrogens (tertiary/aromatic N) is 4. The lowest BCUT2D eigenvalue weighted by atomic mass is 10.2. The maximum Gasteiger partial charge on any atom is 0.490 e. The van der Waals surface area contributed by atoms with E-state index in [1.54, 1.807) is 18.5 Å². The van der Waals surface area contributed by atoms with Crippen molar-refractivity contribution in [2.24, 2.45) is 0 Å². The molecule has 1 aromatic carbocycles. The Bertz CT molecular complexity index is 1100. The van der Waals surface area contributed by atoms with Crippen LogP contribution in [0.4, 0.5) is 27.6 Å². The van der Waals surface area contributed by atoms with Gasteiger partial charge >= 0.3 is 12.1 Å². The molecule has 2 aromatic heterocycles. The fourth-order valence-electron chi connectivity index (χ4n) is 2.28. The number of carboxylic acid groups (broad SMARTS) is 1. The smallest absolute Gasteiger partial charge is 0.475 e. The first kappa shape index (κ1) is 24.4. The summed E-state index contributed by atoms with van der Waals surface area (Å²) in [5, 5.41) is 9.75. The SMILES string of the molecule is Cc1ncn(-c2ccc(NC(=O)c3cc(C(F)F)ncn3)cc2)c1C.O=C(O)C(F)(F)F. The van der Waals surface area contributed by atoms with Crippen molar-refractivity contribution in [3.05, 3.63) is 65.8 Å². The highest BCUT2D eigenvalue weighted by Crippen LogP contribution is 2.19. The molecular formula is C19H16F5N5O3. The Balaban J connectivity index is 0.000000451. The Morgan fingerprint density at radius 3 is 2.12 bits per heavy atom. The molecule has 2 N–H and O–H groups in total. The highest BCUT2D eigenvalue weighted by atomic mass is 19.4. The Labute approximate surface area is 177 Å². The van der Waals surface area contributed by atoms with E-state index in [0.29, 0.717) is 5.69 Å². The van der Waals surface area contributed by atoms with E-state index in [1.165, 1.54) is 0 Å². The van der Waals surface area contributed by atoms with Gasteiger partial charge in [0, 0.05) is 17.1 Å². The minimum Gasteiger partial charge on any atom is -0.475 e. The number of benzene rings is 1. The predicted octanol–water partition coefficient (Wildman–Crippen LogP) is 4.10. The molecule has 0 spiro atoms. The molecule has 170 valence electrons. The molecule has 0 aliphatic carbocycles. The zero-order valence-corrected chi connectivity index (χ0v) is 16.6. The van der Waals surface area contributed by atoms with Crippen molar-refractivity contribution in [2.75, 3.05) is 5.32 Å². The Morgan fingerprint density at radius 1 is 1.06 bits per heavy atom. The minimum absolute atomic E-state index is 0.115.